The second-order valence-electron chi connectivity index (χ2n) is 27.6. The molecule has 0 bridgehead atoms. The summed E-state index contributed by atoms with van der Waals surface area (Å²) >= 11 is 0. The zero-order chi connectivity index (χ0) is 67.5. The second-order valence-corrected chi connectivity index (χ2v) is 30.6. The van der Waals surface area contributed by atoms with E-state index in [4.69, 9.17) is 37.0 Å². The molecule has 540 valence electrons. The van der Waals surface area contributed by atoms with E-state index in [1.807, 2.05) is 0 Å². The maximum atomic E-state index is 13.0. The highest BCUT2D eigenvalue weighted by atomic mass is 31.2. The lowest BCUT2D eigenvalue weighted by atomic mass is 10.00. The van der Waals surface area contributed by atoms with E-state index in [1.54, 1.807) is 0 Å². The number of rotatable bonds is 69. The van der Waals surface area contributed by atoms with Crippen molar-refractivity contribution in [1.29, 1.82) is 0 Å². The molecule has 0 amide bonds. The molecular weight excluding hydrogens is 1200 g/mol. The van der Waals surface area contributed by atoms with Crippen molar-refractivity contribution in [2.45, 2.75) is 375 Å². The molecule has 0 aliphatic rings. The van der Waals surface area contributed by atoms with E-state index >= 15 is 0 Å². The molecule has 0 fully saturated rings. The molecule has 0 saturated heterocycles. The van der Waals surface area contributed by atoms with E-state index in [2.05, 4.69) is 55.4 Å². The molecule has 3 N–H and O–H groups in total. The summed E-state index contributed by atoms with van der Waals surface area (Å²) in [5, 5.41) is 10.6. The quantitative estimate of drug-likeness (QED) is 0.0222. The van der Waals surface area contributed by atoms with E-state index in [1.165, 1.54) is 154 Å². The standard InChI is InChI=1S/C72H140O17P2/c1-9-65(8)51-43-35-30-31-37-45-53-70(75)83-59-68(89-72(77)55-47-39-29-21-17-16-19-25-33-41-49-63(4)5)61-87-91(80,81)85-57-66(73)56-84-90(78,79)86-60-67(58-82-69(74)52-44-36-27-23-22-26-34-42-50-64(6)7)88-71(76)54-46-38-28-20-15-13-11-10-12-14-18-24-32-40-48-62(2)3/h62-68,73H,9-61H2,1-8H3,(H,78,79)(H,80,81)/t65?,66-,67-,68-/m1/s1. The van der Waals surface area contributed by atoms with Crippen LogP contribution in [0.3, 0.4) is 0 Å². The highest BCUT2D eigenvalue weighted by molar-refractivity contribution is 7.47. The summed E-state index contributed by atoms with van der Waals surface area (Å²) in [5.41, 5.74) is 0. The van der Waals surface area contributed by atoms with Crippen LogP contribution in [0, 0.1) is 23.7 Å². The zero-order valence-electron chi connectivity index (χ0n) is 59.5. The number of hydrogen-bond acceptors (Lipinski definition) is 15. The van der Waals surface area contributed by atoms with Crippen LogP contribution < -0.4 is 0 Å². The lowest BCUT2D eigenvalue weighted by Crippen LogP contribution is -2.30. The van der Waals surface area contributed by atoms with Gasteiger partial charge in [0, 0.05) is 25.7 Å². The van der Waals surface area contributed by atoms with Crippen molar-refractivity contribution in [3.05, 3.63) is 0 Å². The molecule has 6 atom stereocenters. The molecule has 0 aromatic carbocycles. The van der Waals surface area contributed by atoms with Gasteiger partial charge in [0.25, 0.3) is 0 Å². The minimum absolute atomic E-state index is 0.104. The van der Waals surface area contributed by atoms with Crippen molar-refractivity contribution in [2.24, 2.45) is 23.7 Å². The van der Waals surface area contributed by atoms with Gasteiger partial charge < -0.3 is 33.8 Å². The van der Waals surface area contributed by atoms with Crippen molar-refractivity contribution in [2.75, 3.05) is 39.6 Å². The third-order valence-electron chi connectivity index (χ3n) is 16.9. The van der Waals surface area contributed by atoms with E-state index in [9.17, 15) is 43.2 Å². The SMILES string of the molecule is CCC(C)CCCCCCCCC(=O)OC[C@H](COP(=O)(O)OC[C@H](O)COP(=O)(O)OC[C@@H](COC(=O)CCCCCCCCCCC(C)C)OC(=O)CCCCCCCCCCCCCCCCC(C)C)OC(=O)CCCCCCCCCCCCC(C)C. The Morgan fingerprint density at radius 3 is 0.780 bits per heavy atom. The Morgan fingerprint density at radius 2 is 0.527 bits per heavy atom. The number of esters is 4. The van der Waals surface area contributed by atoms with Crippen LogP contribution in [0.1, 0.15) is 357 Å². The number of aliphatic hydroxyl groups is 1. The van der Waals surface area contributed by atoms with Gasteiger partial charge in [-0.2, -0.15) is 0 Å². The smallest absolute Gasteiger partial charge is 0.462 e. The van der Waals surface area contributed by atoms with Gasteiger partial charge in [-0.1, -0.05) is 306 Å². The highest BCUT2D eigenvalue weighted by Crippen LogP contribution is 2.45. The van der Waals surface area contributed by atoms with Crippen molar-refractivity contribution in [3.63, 3.8) is 0 Å². The summed E-state index contributed by atoms with van der Waals surface area (Å²) in [7, 11) is -9.91. The monoisotopic (exact) mass is 1340 g/mol. The molecule has 19 heteroatoms. The lowest BCUT2D eigenvalue weighted by Gasteiger charge is -2.21. The number of phosphoric acid groups is 2. The molecule has 17 nitrogen and oxygen atoms in total. The largest absolute Gasteiger partial charge is 0.472 e. The van der Waals surface area contributed by atoms with Gasteiger partial charge in [0.1, 0.15) is 19.3 Å². The highest BCUT2D eigenvalue weighted by Gasteiger charge is 2.30. The predicted octanol–water partition coefficient (Wildman–Crippen LogP) is 20.5. The Labute approximate surface area is 556 Å². The average Bonchev–Trinajstić information content (AvgIpc) is 2.05. The van der Waals surface area contributed by atoms with Gasteiger partial charge in [-0.15, -0.1) is 0 Å². The van der Waals surface area contributed by atoms with Crippen LogP contribution in [-0.4, -0.2) is 96.7 Å². The molecule has 0 spiro atoms. The molecule has 0 radical (unpaired) electrons. The van der Waals surface area contributed by atoms with Gasteiger partial charge in [-0.25, -0.2) is 9.13 Å². The number of aliphatic hydroxyl groups excluding tert-OH is 1. The Bertz CT molecular complexity index is 1800. The van der Waals surface area contributed by atoms with Gasteiger partial charge in [-0.05, 0) is 49.4 Å². The van der Waals surface area contributed by atoms with E-state index in [0.717, 1.165) is 120 Å². The first kappa shape index (κ1) is 89.1. The summed E-state index contributed by atoms with van der Waals surface area (Å²) in [6.07, 6.45) is 44.5. The Hall–Kier alpha value is -1.94. The average molecular weight is 1340 g/mol. The molecule has 0 aromatic heterocycles. The van der Waals surface area contributed by atoms with E-state index in [0.29, 0.717) is 25.7 Å². The number of phosphoric ester groups is 2. The van der Waals surface area contributed by atoms with Crippen molar-refractivity contribution in [3.8, 4) is 0 Å². The molecule has 0 heterocycles. The predicted molar refractivity (Wildman–Crippen MR) is 367 cm³/mol. The first-order chi connectivity index (χ1) is 43.6. The van der Waals surface area contributed by atoms with Gasteiger partial charge >= 0.3 is 39.5 Å². The van der Waals surface area contributed by atoms with Crippen LogP contribution in [0.5, 0.6) is 0 Å². The molecule has 0 rings (SSSR count). The molecule has 0 aliphatic heterocycles. The fourth-order valence-corrected chi connectivity index (χ4v) is 12.4. The van der Waals surface area contributed by atoms with Crippen LogP contribution in [0.15, 0.2) is 0 Å². The van der Waals surface area contributed by atoms with Gasteiger partial charge in [0.2, 0.25) is 0 Å². The summed E-state index contributed by atoms with van der Waals surface area (Å²) < 4.78 is 68.4. The minimum Gasteiger partial charge on any atom is -0.462 e. The number of hydrogen-bond donors (Lipinski definition) is 3. The third kappa shape index (κ3) is 65.1. The summed E-state index contributed by atoms with van der Waals surface area (Å²) in [5.74, 6) is 0.876. The summed E-state index contributed by atoms with van der Waals surface area (Å²) in [6, 6.07) is 0. The third-order valence-corrected chi connectivity index (χ3v) is 18.8. The van der Waals surface area contributed by atoms with Gasteiger partial charge in [0.05, 0.1) is 26.4 Å². The fourth-order valence-electron chi connectivity index (χ4n) is 10.8. The first-order valence-electron chi connectivity index (χ1n) is 37.2. The number of ether oxygens (including phenoxy) is 4. The first-order valence-corrected chi connectivity index (χ1v) is 40.2. The lowest BCUT2D eigenvalue weighted by molar-refractivity contribution is -0.161. The van der Waals surface area contributed by atoms with Gasteiger partial charge in [0.15, 0.2) is 12.2 Å². The molecular formula is C72H140O17P2. The summed E-state index contributed by atoms with van der Waals surface area (Å²) in [6.45, 7) is 14.1. The Morgan fingerprint density at radius 1 is 0.308 bits per heavy atom. The molecule has 3 unspecified atom stereocenters. The number of unbranched alkanes of at least 4 members (excludes halogenated alkanes) is 34. The maximum Gasteiger partial charge on any atom is 0.472 e. The number of carbonyl (C=O) groups is 4. The molecule has 91 heavy (non-hydrogen) atoms. The number of carbonyl (C=O) groups excluding carboxylic acids is 4. The molecule has 0 aromatic rings. The van der Waals surface area contributed by atoms with Crippen molar-refractivity contribution >= 4 is 39.5 Å². The zero-order valence-corrected chi connectivity index (χ0v) is 61.3. The van der Waals surface area contributed by atoms with Crippen LogP contribution in [0.4, 0.5) is 0 Å². The Balaban J connectivity index is 5.25. The maximum absolute atomic E-state index is 13.0. The van der Waals surface area contributed by atoms with Crippen LogP contribution in [-0.2, 0) is 65.4 Å². The summed E-state index contributed by atoms with van der Waals surface area (Å²) in [4.78, 5) is 72.6. The molecule has 0 saturated carbocycles. The normalized spacial score (nSPS) is 14.5. The van der Waals surface area contributed by atoms with Crippen LogP contribution in [0.2, 0.25) is 0 Å². The minimum atomic E-state index is -4.95. The van der Waals surface area contributed by atoms with Crippen LogP contribution >= 0.6 is 15.6 Å². The Kier molecular flexibility index (Phi) is 60.3. The molecule has 0 aliphatic carbocycles. The topological polar surface area (TPSA) is 237 Å². The van der Waals surface area contributed by atoms with E-state index in [-0.39, 0.29) is 25.7 Å². The fraction of sp³-hybridized carbons (Fsp3) is 0.944. The second kappa shape index (κ2) is 61.6. The van der Waals surface area contributed by atoms with E-state index < -0.39 is 97.5 Å². The van der Waals surface area contributed by atoms with Crippen molar-refractivity contribution < 1.29 is 80.2 Å². The van der Waals surface area contributed by atoms with Crippen molar-refractivity contribution in [1.82, 2.24) is 0 Å². The van der Waals surface area contributed by atoms with Crippen LogP contribution in [0.25, 0.3) is 0 Å². The van der Waals surface area contributed by atoms with Gasteiger partial charge in [-0.3, -0.25) is 37.3 Å².